The van der Waals surface area contributed by atoms with E-state index in [0.29, 0.717) is 0 Å². The number of hydrogen-bond donors (Lipinski definition) is 5. The van der Waals surface area contributed by atoms with Crippen molar-refractivity contribution in [2.24, 2.45) is 5.92 Å². The first-order valence-electron chi connectivity index (χ1n) is 4.58. The SMILES string of the molecule is CC(C(=O)O)C(O)C(O)C(O)C(C)(C)O. The molecule has 0 saturated carbocycles. The Morgan fingerprint density at radius 3 is 1.80 bits per heavy atom. The fourth-order valence-corrected chi connectivity index (χ4v) is 1.05. The number of carboxylic acids is 1. The van der Waals surface area contributed by atoms with Gasteiger partial charge < -0.3 is 25.5 Å². The maximum Gasteiger partial charge on any atom is 0.308 e. The number of rotatable bonds is 5. The quantitative estimate of drug-likeness (QED) is 0.389. The number of carboxylic acid groups (broad SMARTS) is 1. The van der Waals surface area contributed by atoms with Gasteiger partial charge in [0, 0.05) is 0 Å². The number of aliphatic hydroxyl groups excluding tert-OH is 3. The largest absolute Gasteiger partial charge is 0.481 e. The van der Waals surface area contributed by atoms with Gasteiger partial charge in [0.1, 0.15) is 12.2 Å². The number of hydrogen-bond acceptors (Lipinski definition) is 5. The van der Waals surface area contributed by atoms with Crippen molar-refractivity contribution in [2.45, 2.75) is 44.7 Å². The summed E-state index contributed by atoms with van der Waals surface area (Å²) in [6.07, 6.45) is -4.96. The lowest BCUT2D eigenvalue weighted by Crippen LogP contribution is -2.52. The van der Waals surface area contributed by atoms with Crippen molar-refractivity contribution >= 4 is 5.97 Å². The first kappa shape index (κ1) is 14.3. The molecule has 6 nitrogen and oxygen atoms in total. The molecule has 0 aromatic heterocycles. The normalized spacial score (nSPS) is 20.5. The minimum atomic E-state index is -1.71. The lowest BCUT2D eigenvalue weighted by Gasteiger charge is -2.32. The van der Waals surface area contributed by atoms with E-state index in [1.165, 1.54) is 20.8 Å². The first-order chi connectivity index (χ1) is 6.59. The summed E-state index contributed by atoms with van der Waals surface area (Å²) >= 11 is 0. The molecule has 0 amide bonds. The van der Waals surface area contributed by atoms with Gasteiger partial charge in [-0.2, -0.15) is 0 Å². The van der Waals surface area contributed by atoms with Gasteiger partial charge in [0.05, 0.1) is 17.6 Å². The molecule has 0 aliphatic carbocycles. The summed E-state index contributed by atoms with van der Waals surface area (Å²) in [5.41, 5.74) is -1.61. The minimum absolute atomic E-state index is 1.20. The molecule has 0 rings (SSSR count). The van der Waals surface area contributed by atoms with Gasteiger partial charge in [-0.3, -0.25) is 4.79 Å². The van der Waals surface area contributed by atoms with Gasteiger partial charge in [0.2, 0.25) is 0 Å². The highest BCUT2D eigenvalue weighted by molar-refractivity contribution is 5.70. The van der Waals surface area contributed by atoms with E-state index < -0.39 is 35.8 Å². The van der Waals surface area contributed by atoms with Gasteiger partial charge in [-0.05, 0) is 20.8 Å². The molecule has 0 heterocycles. The predicted octanol–water partition coefficient (Wildman–Crippen LogP) is -1.44. The van der Waals surface area contributed by atoms with E-state index in [0.717, 1.165) is 0 Å². The minimum Gasteiger partial charge on any atom is -0.481 e. The second-order valence-electron chi connectivity index (χ2n) is 4.21. The van der Waals surface area contributed by atoms with Crippen molar-refractivity contribution in [3.05, 3.63) is 0 Å². The maximum atomic E-state index is 10.5. The Labute approximate surface area is 87.8 Å². The Hall–Kier alpha value is -0.690. The van der Waals surface area contributed by atoms with Gasteiger partial charge in [-0.1, -0.05) is 0 Å². The van der Waals surface area contributed by atoms with Gasteiger partial charge in [-0.25, -0.2) is 0 Å². The second-order valence-corrected chi connectivity index (χ2v) is 4.21. The lowest BCUT2D eigenvalue weighted by molar-refractivity contribution is -0.164. The van der Waals surface area contributed by atoms with E-state index in [-0.39, 0.29) is 0 Å². The van der Waals surface area contributed by atoms with E-state index in [1.807, 2.05) is 0 Å². The van der Waals surface area contributed by atoms with Crippen LogP contribution in [0.15, 0.2) is 0 Å². The summed E-state index contributed by atoms with van der Waals surface area (Å²) in [5, 5.41) is 46.1. The average Bonchev–Trinajstić information content (AvgIpc) is 2.11. The van der Waals surface area contributed by atoms with Crippen molar-refractivity contribution in [3.8, 4) is 0 Å². The van der Waals surface area contributed by atoms with Crippen LogP contribution in [0.3, 0.4) is 0 Å². The zero-order valence-electron chi connectivity index (χ0n) is 8.95. The Balaban J connectivity index is 4.57. The lowest BCUT2D eigenvalue weighted by atomic mass is 9.89. The summed E-state index contributed by atoms with van der Waals surface area (Å²) in [5.74, 6) is -2.51. The Morgan fingerprint density at radius 1 is 1.13 bits per heavy atom. The molecule has 0 aliphatic rings. The summed E-state index contributed by atoms with van der Waals surface area (Å²) in [7, 11) is 0. The van der Waals surface area contributed by atoms with Crippen LogP contribution in [-0.4, -0.2) is 55.4 Å². The Bertz CT molecular complexity index is 221. The van der Waals surface area contributed by atoms with Crippen molar-refractivity contribution in [1.29, 1.82) is 0 Å². The Kier molecular flexibility index (Phi) is 4.66. The van der Waals surface area contributed by atoms with Crippen molar-refractivity contribution < 1.29 is 30.3 Å². The molecule has 0 fully saturated rings. The second kappa shape index (κ2) is 4.89. The van der Waals surface area contributed by atoms with Crippen LogP contribution in [-0.2, 0) is 4.79 Å². The molecule has 0 radical (unpaired) electrons. The summed E-state index contributed by atoms with van der Waals surface area (Å²) in [6.45, 7) is 3.70. The number of aliphatic hydroxyl groups is 4. The summed E-state index contributed by atoms with van der Waals surface area (Å²) < 4.78 is 0. The van der Waals surface area contributed by atoms with Crippen LogP contribution in [0, 0.1) is 5.92 Å². The molecule has 0 spiro atoms. The van der Waals surface area contributed by atoms with Crippen LogP contribution in [0.5, 0.6) is 0 Å². The number of carbonyl (C=O) groups is 1. The number of aliphatic carboxylic acids is 1. The van der Waals surface area contributed by atoms with Gasteiger partial charge in [0.25, 0.3) is 0 Å². The zero-order chi connectivity index (χ0) is 12.4. The Morgan fingerprint density at radius 2 is 1.53 bits per heavy atom. The highest BCUT2D eigenvalue weighted by atomic mass is 16.4. The van der Waals surface area contributed by atoms with Gasteiger partial charge >= 0.3 is 5.97 Å². The molecule has 90 valence electrons. The molecule has 5 N–H and O–H groups in total. The van der Waals surface area contributed by atoms with Gasteiger partial charge in [0.15, 0.2) is 0 Å². The molecule has 4 unspecified atom stereocenters. The molecular weight excluding hydrogens is 204 g/mol. The highest BCUT2D eigenvalue weighted by Gasteiger charge is 2.39. The van der Waals surface area contributed by atoms with Crippen LogP contribution in [0.2, 0.25) is 0 Å². The molecule has 0 bridgehead atoms. The standard InChI is InChI=1S/C9H18O6/c1-4(8(13)14)5(10)6(11)7(12)9(2,3)15/h4-7,10-12,15H,1-3H3,(H,13,14). The van der Waals surface area contributed by atoms with Crippen molar-refractivity contribution in [3.63, 3.8) is 0 Å². The third-order valence-corrected chi connectivity index (χ3v) is 2.30. The van der Waals surface area contributed by atoms with Gasteiger partial charge in [-0.15, -0.1) is 0 Å². The van der Waals surface area contributed by atoms with E-state index >= 15 is 0 Å². The van der Waals surface area contributed by atoms with E-state index in [9.17, 15) is 25.2 Å². The molecule has 6 heteroatoms. The molecule has 15 heavy (non-hydrogen) atoms. The summed E-state index contributed by atoms with van der Waals surface area (Å²) in [4.78, 5) is 10.5. The van der Waals surface area contributed by atoms with Crippen LogP contribution < -0.4 is 0 Å². The maximum absolute atomic E-state index is 10.5. The first-order valence-corrected chi connectivity index (χ1v) is 4.58. The van der Waals surface area contributed by atoms with Crippen LogP contribution >= 0.6 is 0 Å². The molecule has 0 aromatic carbocycles. The molecule has 0 aliphatic heterocycles. The van der Waals surface area contributed by atoms with Crippen molar-refractivity contribution in [2.75, 3.05) is 0 Å². The fraction of sp³-hybridized carbons (Fsp3) is 0.889. The van der Waals surface area contributed by atoms with Crippen LogP contribution in [0.25, 0.3) is 0 Å². The van der Waals surface area contributed by atoms with E-state index in [4.69, 9.17) is 5.11 Å². The van der Waals surface area contributed by atoms with Crippen LogP contribution in [0.1, 0.15) is 20.8 Å². The van der Waals surface area contributed by atoms with E-state index in [2.05, 4.69) is 0 Å². The molecular formula is C9H18O6. The third kappa shape index (κ3) is 3.75. The van der Waals surface area contributed by atoms with Crippen molar-refractivity contribution in [1.82, 2.24) is 0 Å². The molecule has 0 aromatic rings. The predicted molar refractivity (Wildman–Crippen MR) is 51.1 cm³/mol. The molecule has 0 saturated heterocycles. The van der Waals surface area contributed by atoms with Crippen LogP contribution in [0.4, 0.5) is 0 Å². The van der Waals surface area contributed by atoms with E-state index in [1.54, 1.807) is 0 Å². The topological polar surface area (TPSA) is 118 Å². The molecule has 4 atom stereocenters. The average molecular weight is 222 g/mol. The summed E-state index contributed by atoms with van der Waals surface area (Å²) in [6, 6.07) is 0. The zero-order valence-corrected chi connectivity index (χ0v) is 8.95. The smallest absolute Gasteiger partial charge is 0.308 e. The third-order valence-electron chi connectivity index (χ3n) is 2.30. The monoisotopic (exact) mass is 222 g/mol. The fourth-order valence-electron chi connectivity index (χ4n) is 1.05. The highest BCUT2D eigenvalue weighted by Crippen LogP contribution is 2.18.